The predicted octanol–water partition coefficient (Wildman–Crippen LogP) is 4.71. The summed E-state index contributed by atoms with van der Waals surface area (Å²) in [7, 11) is 0. The second-order valence-electron chi connectivity index (χ2n) is 9.73. The van der Waals surface area contributed by atoms with E-state index in [1.54, 1.807) is 62.5 Å². The van der Waals surface area contributed by atoms with Crippen LogP contribution in [0.5, 0.6) is 5.75 Å². The van der Waals surface area contributed by atoms with Crippen molar-refractivity contribution in [2.45, 2.75) is 26.4 Å². The molecule has 3 aromatic carbocycles. The SMILES string of the molecule is CCOC(=O)C1=C(C)NC(=S)N[C@@H]1c1ccccc1OCC(=O)NN=Cc1cn(Cc2ccccc2F)c2ccccc12. The number of nitrogens with zero attached hydrogens (tertiary/aromatic N) is 2. The Balaban J connectivity index is 1.28. The molecule has 11 heteroatoms. The molecule has 0 radical (unpaired) electrons. The zero-order chi connectivity index (χ0) is 30.3. The molecular formula is C32H30FN5O4S. The Kier molecular flexibility index (Phi) is 9.11. The van der Waals surface area contributed by atoms with Gasteiger partial charge in [-0.25, -0.2) is 14.6 Å². The minimum absolute atomic E-state index is 0.220. The number of thiocarbonyl (C=S) groups is 1. The highest BCUT2D eigenvalue weighted by atomic mass is 32.1. The Morgan fingerprint density at radius 3 is 2.65 bits per heavy atom. The molecule has 1 aromatic heterocycles. The lowest BCUT2D eigenvalue weighted by Gasteiger charge is -2.30. The topological polar surface area (TPSA) is 106 Å². The van der Waals surface area contributed by atoms with Gasteiger partial charge in [0.25, 0.3) is 5.91 Å². The van der Waals surface area contributed by atoms with Gasteiger partial charge in [-0.1, -0.05) is 54.6 Å². The third-order valence-electron chi connectivity index (χ3n) is 6.86. The van der Waals surface area contributed by atoms with Gasteiger partial charge in [0.1, 0.15) is 11.6 Å². The van der Waals surface area contributed by atoms with Gasteiger partial charge in [-0.3, -0.25) is 4.79 Å². The number of esters is 1. The maximum Gasteiger partial charge on any atom is 0.338 e. The molecule has 4 aromatic rings. The average Bonchev–Trinajstić information content (AvgIpc) is 3.34. The predicted molar refractivity (Wildman–Crippen MR) is 166 cm³/mol. The van der Waals surface area contributed by atoms with Crippen LogP contribution in [0.2, 0.25) is 0 Å². The number of fused-ring (bicyclic) bond motifs is 1. The largest absolute Gasteiger partial charge is 0.483 e. The summed E-state index contributed by atoms with van der Waals surface area (Å²) in [5, 5.41) is 11.5. The molecule has 1 aliphatic heterocycles. The summed E-state index contributed by atoms with van der Waals surface area (Å²) in [5.41, 5.74) is 6.30. The van der Waals surface area contributed by atoms with Gasteiger partial charge in [-0.05, 0) is 44.3 Å². The minimum atomic E-state index is -0.633. The Hall–Kier alpha value is -5.03. The molecule has 1 aliphatic rings. The number of ether oxygens (including phenoxy) is 2. The summed E-state index contributed by atoms with van der Waals surface area (Å²) in [5.74, 6) is -0.835. The number of allylic oxidation sites excluding steroid dienone is 1. The van der Waals surface area contributed by atoms with Crippen molar-refractivity contribution < 1.29 is 23.5 Å². The first-order chi connectivity index (χ1) is 20.9. The van der Waals surface area contributed by atoms with Crippen molar-refractivity contribution in [3.63, 3.8) is 0 Å². The first kappa shape index (κ1) is 29.5. The quantitative estimate of drug-likeness (QED) is 0.105. The fourth-order valence-corrected chi connectivity index (χ4v) is 5.20. The van der Waals surface area contributed by atoms with E-state index in [2.05, 4.69) is 21.2 Å². The van der Waals surface area contributed by atoms with E-state index in [-0.39, 0.29) is 19.0 Å². The molecule has 0 unspecified atom stereocenters. The van der Waals surface area contributed by atoms with Crippen molar-refractivity contribution in [2.24, 2.45) is 5.10 Å². The molecule has 220 valence electrons. The van der Waals surface area contributed by atoms with Gasteiger partial charge in [0.15, 0.2) is 11.7 Å². The van der Waals surface area contributed by atoms with Gasteiger partial charge >= 0.3 is 5.97 Å². The zero-order valence-electron chi connectivity index (χ0n) is 23.6. The van der Waals surface area contributed by atoms with Crippen molar-refractivity contribution >= 4 is 46.3 Å². The molecule has 5 rings (SSSR count). The molecule has 0 bridgehead atoms. The summed E-state index contributed by atoms with van der Waals surface area (Å²) in [4.78, 5) is 25.4. The first-order valence-electron chi connectivity index (χ1n) is 13.7. The molecule has 1 atom stereocenters. The molecule has 9 nitrogen and oxygen atoms in total. The smallest absolute Gasteiger partial charge is 0.338 e. The fourth-order valence-electron chi connectivity index (χ4n) is 4.93. The number of benzene rings is 3. The van der Waals surface area contributed by atoms with Gasteiger partial charge in [0, 0.05) is 39.5 Å². The van der Waals surface area contributed by atoms with Crippen LogP contribution < -0.4 is 20.8 Å². The van der Waals surface area contributed by atoms with Gasteiger partial charge < -0.3 is 24.7 Å². The van der Waals surface area contributed by atoms with E-state index in [9.17, 15) is 14.0 Å². The van der Waals surface area contributed by atoms with Crippen LogP contribution in [0.25, 0.3) is 10.9 Å². The van der Waals surface area contributed by atoms with Gasteiger partial charge in [0.05, 0.1) is 31.0 Å². The molecule has 0 spiro atoms. The Morgan fingerprint density at radius 2 is 1.84 bits per heavy atom. The van der Waals surface area contributed by atoms with Crippen molar-refractivity contribution in [1.29, 1.82) is 0 Å². The molecule has 0 fully saturated rings. The number of carbonyl (C=O) groups is 2. The van der Waals surface area contributed by atoms with Crippen LogP contribution in [0.3, 0.4) is 0 Å². The Labute approximate surface area is 253 Å². The number of rotatable bonds is 10. The Bertz CT molecular complexity index is 1750. The summed E-state index contributed by atoms with van der Waals surface area (Å²) in [6, 6.07) is 20.8. The number of carbonyl (C=O) groups excluding carboxylic acids is 2. The third kappa shape index (κ3) is 6.73. The molecule has 0 saturated heterocycles. The number of nitrogens with one attached hydrogen (secondary N) is 3. The van der Waals surface area contributed by atoms with Crippen LogP contribution in [-0.4, -0.2) is 41.0 Å². The van der Waals surface area contributed by atoms with Crippen LogP contribution in [0.1, 0.15) is 36.6 Å². The first-order valence-corrected chi connectivity index (χ1v) is 14.1. The summed E-state index contributed by atoms with van der Waals surface area (Å²) in [6.07, 6.45) is 3.41. The van der Waals surface area contributed by atoms with Gasteiger partial charge in [0.2, 0.25) is 0 Å². The van der Waals surface area contributed by atoms with Crippen LogP contribution >= 0.6 is 12.2 Å². The fraction of sp³-hybridized carbons (Fsp3) is 0.188. The van der Waals surface area contributed by atoms with Gasteiger partial charge in [-0.2, -0.15) is 5.10 Å². The zero-order valence-corrected chi connectivity index (χ0v) is 24.4. The van der Waals surface area contributed by atoms with Crippen LogP contribution in [0.4, 0.5) is 4.39 Å². The Morgan fingerprint density at radius 1 is 1.09 bits per heavy atom. The van der Waals surface area contributed by atoms with E-state index in [4.69, 9.17) is 21.7 Å². The highest BCUT2D eigenvalue weighted by Crippen LogP contribution is 2.33. The van der Waals surface area contributed by atoms with Crippen molar-refractivity contribution in [2.75, 3.05) is 13.2 Å². The van der Waals surface area contributed by atoms with Gasteiger partial charge in [-0.15, -0.1) is 0 Å². The second-order valence-corrected chi connectivity index (χ2v) is 10.1. The van der Waals surface area contributed by atoms with E-state index < -0.39 is 17.9 Å². The van der Waals surface area contributed by atoms with Crippen LogP contribution in [0, 0.1) is 5.82 Å². The van der Waals surface area contributed by atoms with Crippen molar-refractivity contribution in [3.05, 3.63) is 113 Å². The number of amides is 1. The molecular weight excluding hydrogens is 569 g/mol. The lowest BCUT2D eigenvalue weighted by molar-refractivity contribution is -0.139. The lowest BCUT2D eigenvalue weighted by atomic mass is 9.95. The van der Waals surface area contributed by atoms with Crippen LogP contribution in [-0.2, 0) is 20.9 Å². The molecule has 2 heterocycles. The number of hydrogen-bond acceptors (Lipinski definition) is 6. The third-order valence-corrected chi connectivity index (χ3v) is 7.08. The number of halogens is 1. The molecule has 0 saturated carbocycles. The van der Waals surface area contributed by atoms with E-state index in [1.807, 2.05) is 35.0 Å². The number of aromatic nitrogens is 1. The van der Waals surface area contributed by atoms with E-state index >= 15 is 0 Å². The molecule has 3 N–H and O–H groups in total. The summed E-state index contributed by atoms with van der Waals surface area (Å²) >= 11 is 5.32. The highest BCUT2D eigenvalue weighted by molar-refractivity contribution is 7.80. The van der Waals surface area contributed by atoms with Crippen molar-refractivity contribution in [1.82, 2.24) is 20.6 Å². The van der Waals surface area contributed by atoms with E-state index in [1.165, 1.54) is 6.07 Å². The van der Waals surface area contributed by atoms with E-state index in [0.717, 1.165) is 16.5 Å². The normalized spacial score (nSPS) is 14.9. The molecule has 0 aliphatic carbocycles. The number of hydrazone groups is 1. The average molecular weight is 600 g/mol. The van der Waals surface area contributed by atoms with Crippen LogP contribution in [0.15, 0.2) is 95.4 Å². The minimum Gasteiger partial charge on any atom is -0.483 e. The second kappa shape index (κ2) is 13.3. The number of hydrogen-bond donors (Lipinski definition) is 3. The monoisotopic (exact) mass is 599 g/mol. The lowest BCUT2D eigenvalue weighted by Crippen LogP contribution is -2.45. The standard InChI is InChI=1S/C32H30FN5O4S/c1-3-41-31(40)29-20(2)35-32(43)36-30(29)24-12-6-9-15-27(24)42-19-28(39)37-34-16-22-18-38(26-14-8-5-11-23(22)26)17-21-10-4-7-13-25(21)33/h4-16,18,30H,3,17,19H2,1-2H3,(H,37,39)(H2,35,36,43)/t30-/m1/s1. The molecule has 43 heavy (non-hydrogen) atoms. The van der Waals surface area contributed by atoms with E-state index in [0.29, 0.717) is 39.8 Å². The summed E-state index contributed by atoms with van der Waals surface area (Å²) in [6.45, 7) is 3.73. The van der Waals surface area contributed by atoms with Crippen molar-refractivity contribution in [3.8, 4) is 5.75 Å². The highest BCUT2D eigenvalue weighted by Gasteiger charge is 2.32. The maximum absolute atomic E-state index is 14.3. The maximum atomic E-state index is 14.3. The summed E-state index contributed by atoms with van der Waals surface area (Å²) < 4.78 is 27.4. The molecule has 1 amide bonds. The number of para-hydroxylation sites is 2.